The van der Waals surface area contributed by atoms with Crippen LogP contribution in [0.25, 0.3) is 28.3 Å². The van der Waals surface area contributed by atoms with Crippen LogP contribution in [0.15, 0.2) is 76.8 Å². The van der Waals surface area contributed by atoms with Crippen LogP contribution < -0.4 is 5.32 Å². The number of rotatable bonds is 5. The van der Waals surface area contributed by atoms with Gasteiger partial charge in [-0.25, -0.2) is 0 Å². The zero-order valence-electron chi connectivity index (χ0n) is 16.3. The van der Waals surface area contributed by atoms with Crippen molar-refractivity contribution in [1.82, 2.24) is 5.16 Å². The van der Waals surface area contributed by atoms with Gasteiger partial charge >= 0.3 is 0 Å². The quantitative estimate of drug-likeness (QED) is 0.185. The molecule has 0 spiro atoms. The second-order valence-corrected chi connectivity index (χ2v) is 7.16. The Hall–Kier alpha value is -4.48. The first-order chi connectivity index (χ1) is 15.4. The van der Waals surface area contributed by atoms with E-state index in [2.05, 4.69) is 10.5 Å². The van der Waals surface area contributed by atoms with Gasteiger partial charge in [-0.05, 0) is 60.2 Å². The van der Waals surface area contributed by atoms with Crippen LogP contribution >= 0.6 is 11.6 Å². The highest BCUT2D eigenvalue weighted by Crippen LogP contribution is 2.30. The highest BCUT2D eigenvalue weighted by Gasteiger charge is 2.14. The van der Waals surface area contributed by atoms with E-state index in [1.807, 2.05) is 18.2 Å². The van der Waals surface area contributed by atoms with Gasteiger partial charge in [0.15, 0.2) is 5.76 Å². The molecule has 0 saturated carbocycles. The minimum atomic E-state index is -0.635. The lowest BCUT2D eigenvalue weighted by Gasteiger charge is -2.04. The van der Waals surface area contributed by atoms with E-state index in [9.17, 15) is 20.2 Å². The number of non-ortho nitro benzene ring substituents is 1. The van der Waals surface area contributed by atoms with Gasteiger partial charge in [0.05, 0.1) is 10.3 Å². The minimum absolute atomic E-state index is 0.0995. The zero-order valence-corrected chi connectivity index (χ0v) is 17.0. The van der Waals surface area contributed by atoms with Gasteiger partial charge in [0.2, 0.25) is 0 Å². The average molecular weight is 445 g/mol. The summed E-state index contributed by atoms with van der Waals surface area (Å²) in [5.74, 6) is -0.0922. The summed E-state index contributed by atoms with van der Waals surface area (Å²) in [5.41, 5.74) is 2.12. The Morgan fingerprint density at radius 1 is 1.12 bits per heavy atom. The molecule has 4 rings (SSSR count). The van der Waals surface area contributed by atoms with E-state index in [0.717, 1.165) is 5.56 Å². The third kappa shape index (κ3) is 4.33. The largest absolute Gasteiger partial charge is 0.355 e. The van der Waals surface area contributed by atoms with E-state index in [4.69, 9.17) is 16.1 Å². The van der Waals surface area contributed by atoms with E-state index in [0.29, 0.717) is 32.9 Å². The number of carbonyl (C=O) groups is 1. The molecule has 156 valence electrons. The topological polar surface area (TPSA) is 122 Å². The summed E-state index contributed by atoms with van der Waals surface area (Å²) in [7, 11) is 0. The van der Waals surface area contributed by atoms with Gasteiger partial charge in [-0.1, -0.05) is 22.8 Å². The lowest BCUT2D eigenvalue weighted by Crippen LogP contribution is -2.13. The third-order valence-corrected chi connectivity index (χ3v) is 4.87. The molecular formula is C23H13ClN4O4. The predicted octanol–water partition coefficient (Wildman–Crippen LogP) is 5.60. The molecule has 1 heterocycles. The minimum Gasteiger partial charge on any atom is -0.355 e. The molecule has 0 aliphatic heterocycles. The molecule has 1 amide bonds. The summed E-state index contributed by atoms with van der Waals surface area (Å²) < 4.78 is 5.47. The molecule has 32 heavy (non-hydrogen) atoms. The molecule has 0 aliphatic rings. The zero-order chi connectivity index (χ0) is 22.7. The van der Waals surface area contributed by atoms with Crippen molar-refractivity contribution in [3.63, 3.8) is 0 Å². The van der Waals surface area contributed by atoms with Crippen molar-refractivity contribution in [3.05, 3.63) is 93.0 Å². The number of carbonyl (C=O) groups excluding carboxylic acids is 1. The number of nitrogens with zero attached hydrogens (tertiary/aromatic N) is 3. The number of hydrogen-bond acceptors (Lipinski definition) is 6. The molecule has 3 aromatic carbocycles. The second kappa shape index (κ2) is 8.71. The molecule has 0 aliphatic carbocycles. The van der Waals surface area contributed by atoms with E-state index < -0.39 is 10.8 Å². The summed E-state index contributed by atoms with van der Waals surface area (Å²) in [5, 5.41) is 28.1. The second-order valence-electron chi connectivity index (χ2n) is 6.72. The predicted molar refractivity (Wildman–Crippen MR) is 120 cm³/mol. The van der Waals surface area contributed by atoms with Gasteiger partial charge in [0.25, 0.3) is 11.6 Å². The maximum atomic E-state index is 12.5. The summed E-state index contributed by atoms with van der Waals surface area (Å²) in [6.45, 7) is 0. The Bertz CT molecular complexity index is 1400. The van der Waals surface area contributed by atoms with Crippen molar-refractivity contribution in [2.75, 3.05) is 5.32 Å². The molecule has 9 heteroatoms. The normalized spacial score (nSPS) is 11.2. The summed E-state index contributed by atoms with van der Waals surface area (Å²) >= 11 is 5.95. The Labute approximate surface area is 186 Å². The van der Waals surface area contributed by atoms with Crippen LogP contribution in [0.1, 0.15) is 5.56 Å². The van der Waals surface area contributed by atoms with Crippen molar-refractivity contribution < 1.29 is 14.2 Å². The van der Waals surface area contributed by atoms with Crippen LogP contribution in [-0.4, -0.2) is 16.0 Å². The number of halogens is 1. The lowest BCUT2D eigenvalue weighted by molar-refractivity contribution is -0.384. The van der Waals surface area contributed by atoms with Crippen molar-refractivity contribution in [2.24, 2.45) is 0 Å². The fraction of sp³-hybridized carbons (Fsp3) is 0. The van der Waals surface area contributed by atoms with Crippen molar-refractivity contribution in [3.8, 4) is 17.4 Å². The standard InChI is InChI=1S/C23H13ClN4O4/c24-17-4-2-15(3-5-17)22-20-12-14(1-10-21(20)27-32-22)11-16(13-25)23(29)26-18-6-8-19(9-7-18)28(30)31/h1-12H,(H,26,29)/b16-11+. The van der Waals surface area contributed by atoms with Crippen LogP contribution in [0, 0.1) is 21.4 Å². The number of fused-ring (bicyclic) bond motifs is 1. The van der Waals surface area contributed by atoms with E-state index in [-0.39, 0.29) is 11.3 Å². The smallest absolute Gasteiger partial charge is 0.269 e. The maximum absolute atomic E-state index is 12.5. The van der Waals surface area contributed by atoms with Gasteiger partial charge in [-0.3, -0.25) is 14.9 Å². The van der Waals surface area contributed by atoms with Crippen LogP contribution in [0.4, 0.5) is 11.4 Å². The third-order valence-electron chi connectivity index (χ3n) is 4.62. The van der Waals surface area contributed by atoms with Crippen LogP contribution in [0.2, 0.25) is 5.02 Å². The Balaban J connectivity index is 1.62. The van der Waals surface area contributed by atoms with E-state index in [1.54, 1.807) is 30.3 Å². The summed E-state index contributed by atoms with van der Waals surface area (Å²) in [4.78, 5) is 22.7. The van der Waals surface area contributed by atoms with Gasteiger partial charge in [0.1, 0.15) is 17.2 Å². The SMILES string of the molecule is N#C/C(=C\c1ccc2noc(-c3ccc(Cl)cc3)c2c1)C(=O)Nc1ccc([N+](=O)[O-])cc1. The van der Waals surface area contributed by atoms with Crippen molar-refractivity contribution >= 4 is 45.9 Å². The Morgan fingerprint density at radius 2 is 1.84 bits per heavy atom. The Morgan fingerprint density at radius 3 is 2.50 bits per heavy atom. The van der Waals surface area contributed by atoms with Crippen molar-refractivity contribution in [1.29, 1.82) is 5.26 Å². The number of amides is 1. The van der Waals surface area contributed by atoms with Crippen LogP contribution in [-0.2, 0) is 4.79 Å². The fourth-order valence-electron chi connectivity index (χ4n) is 3.04. The molecule has 1 aromatic heterocycles. The number of hydrogen-bond donors (Lipinski definition) is 1. The van der Waals surface area contributed by atoms with Gasteiger partial charge in [-0.2, -0.15) is 5.26 Å². The molecule has 4 aromatic rings. The fourth-order valence-corrected chi connectivity index (χ4v) is 3.16. The van der Waals surface area contributed by atoms with Crippen LogP contribution in [0.3, 0.4) is 0 Å². The molecule has 0 fully saturated rings. The highest BCUT2D eigenvalue weighted by molar-refractivity contribution is 6.30. The van der Waals surface area contributed by atoms with Crippen molar-refractivity contribution in [2.45, 2.75) is 0 Å². The molecule has 0 radical (unpaired) electrons. The summed E-state index contributed by atoms with van der Waals surface area (Å²) in [6, 6.07) is 19.5. The van der Waals surface area contributed by atoms with E-state index >= 15 is 0 Å². The number of nitriles is 1. The van der Waals surface area contributed by atoms with Crippen LogP contribution in [0.5, 0.6) is 0 Å². The lowest BCUT2D eigenvalue weighted by atomic mass is 10.0. The molecule has 0 unspecified atom stereocenters. The molecule has 0 atom stereocenters. The number of nitrogens with one attached hydrogen (secondary N) is 1. The average Bonchev–Trinajstić information content (AvgIpc) is 3.21. The number of aromatic nitrogens is 1. The highest BCUT2D eigenvalue weighted by atomic mass is 35.5. The number of benzene rings is 3. The Kier molecular flexibility index (Phi) is 5.66. The first-order valence-electron chi connectivity index (χ1n) is 9.27. The van der Waals surface area contributed by atoms with Gasteiger partial charge in [0, 0.05) is 28.4 Å². The molecule has 8 nitrogen and oxygen atoms in total. The number of anilines is 1. The number of nitro groups is 1. The van der Waals surface area contributed by atoms with Gasteiger partial charge in [-0.15, -0.1) is 0 Å². The van der Waals surface area contributed by atoms with E-state index in [1.165, 1.54) is 30.3 Å². The molecular weight excluding hydrogens is 432 g/mol. The first-order valence-corrected chi connectivity index (χ1v) is 9.65. The summed E-state index contributed by atoms with van der Waals surface area (Å²) in [6.07, 6.45) is 1.44. The first kappa shape index (κ1) is 20.8. The molecule has 0 saturated heterocycles. The number of nitro benzene ring substituents is 1. The molecule has 1 N–H and O–H groups in total. The monoisotopic (exact) mass is 444 g/mol. The maximum Gasteiger partial charge on any atom is 0.269 e. The van der Waals surface area contributed by atoms with Gasteiger partial charge < -0.3 is 9.84 Å². The molecule has 0 bridgehead atoms.